The monoisotopic (exact) mass is 408 g/mol. The summed E-state index contributed by atoms with van der Waals surface area (Å²) in [5, 5.41) is 0.546. The molecule has 0 bridgehead atoms. The Morgan fingerprint density at radius 1 is 1.24 bits per heavy atom. The largest absolute Gasteiger partial charge is 0.246 e. The van der Waals surface area contributed by atoms with E-state index in [2.05, 4.69) is 20.9 Å². The zero-order valence-electron chi connectivity index (χ0n) is 10.9. The molecule has 0 amide bonds. The van der Waals surface area contributed by atoms with Crippen LogP contribution in [0.2, 0.25) is 10.2 Å². The average Bonchev–Trinajstić information content (AvgIpc) is 2.43. The Balaban J connectivity index is 2.30. The Morgan fingerprint density at radius 3 is 2.48 bits per heavy atom. The highest BCUT2D eigenvalue weighted by Gasteiger charge is 2.24. The molecule has 0 fully saturated rings. The topological polar surface area (TPSA) is 50.3 Å². The van der Waals surface area contributed by atoms with Crippen LogP contribution in [0.25, 0.3) is 0 Å². The molecule has 2 rings (SSSR count). The van der Waals surface area contributed by atoms with Crippen molar-refractivity contribution in [3.05, 3.63) is 56.7 Å². The molecule has 21 heavy (non-hydrogen) atoms. The van der Waals surface area contributed by atoms with E-state index in [9.17, 15) is 8.42 Å². The van der Waals surface area contributed by atoms with Crippen LogP contribution in [0.5, 0.6) is 0 Å². The van der Waals surface area contributed by atoms with Gasteiger partial charge in [0.2, 0.25) is 10.0 Å². The van der Waals surface area contributed by atoms with Crippen molar-refractivity contribution >= 4 is 49.2 Å². The number of pyridine rings is 1. The second-order valence-corrected chi connectivity index (χ2v) is 8.05. The molecule has 0 aliphatic heterocycles. The minimum atomic E-state index is -3.72. The lowest BCUT2D eigenvalue weighted by atomic mass is 10.2. The molecule has 4 nitrogen and oxygen atoms in total. The first kappa shape index (κ1) is 16.7. The minimum Gasteiger partial charge on any atom is -0.242 e. The Labute approximate surface area is 141 Å². The zero-order valence-corrected chi connectivity index (χ0v) is 14.8. The fourth-order valence-corrected chi connectivity index (χ4v) is 3.89. The van der Waals surface area contributed by atoms with E-state index in [1.807, 2.05) is 0 Å². The third kappa shape index (κ3) is 3.96. The van der Waals surface area contributed by atoms with Gasteiger partial charge in [0.1, 0.15) is 10.0 Å². The molecule has 112 valence electrons. The van der Waals surface area contributed by atoms with Gasteiger partial charge in [0.25, 0.3) is 0 Å². The normalized spacial score (nSPS) is 11.9. The summed E-state index contributed by atoms with van der Waals surface area (Å²) >= 11 is 14.9. The molecule has 1 aromatic heterocycles. The molecule has 0 saturated carbocycles. The summed E-state index contributed by atoms with van der Waals surface area (Å²) in [7, 11) is -2.24. The quantitative estimate of drug-likeness (QED) is 0.717. The predicted octanol–water partition coefficient (Wildman–Crippen LogP) is 3.97. The number of hydrogen-bond donors (Lipinski definition) is 0. The van der Waals surface area contributed by atoms with E-state index in [0.29, 0.717) is 9.50 Å². The minimum absolute atomic E-state index is 0.0324. The highest BCUT2D eigenvalue weighted by atomic mass is 79.9. The summed E-state index contributed by atoms with van der Waals surface area (Å²) in [4.78, 5) is 3.81. The van der Waals surface area contributed by atoms with Crippen molar-refractivity contribution in [3.8, 4) is 0 Å². The molecular weight excluding hydrogens is 399 g/mol. The van der Waals surface area contributed by atoms with Crippen molar-refractivity contribution in [2.75, 3.05) is 7.05 Å². The molecule has 0 unspecified atom stereocenters. The van der Waals surface area contributed by atoms with Crippen LogP contribution in [0.3, 0.4) is 0 Å². The van der Waals surface area contributed by atoms with Crippen molar-refractivity contribution < 1.29 is 8.42 Å². The third-order valence-electron chi connectivity index (χ3n) is 2.78. The molecule has 0 aliphatic carbocycles. The van der Waals surface area contributed by atoms with Gasteiger partial charge in [-0.25, -0.2) is 13.4 Å². The molecule has 1 heterocycles. The number of halogens is 3. The lowest BCUT2D eigenvalue weighted by Crippen LogP contribution is -2.27. The maximum atomic E-state index is 12.5. The summed E-state index contributed by atoms with van der Waals surface area (Å²) in [5.74, 6) is 0. The fraction of sp³-hybridized carbons (Fsp3) is 0.154. The van der Waals surface area contributed by atoms with Gasteiger partial charge in [-0.1, -0.05) is 35.3 Å². The number of hydrogen-bond acceptors (Lipinski definition) is 3. The van der Waals surface area contributed by atoms with Crippen molar-refractivity contribution in [1.82, 2.24) is 9.29 Å². The first-order chi connectivity index (χ1) is 9.80. The molecule has 0 N–H and O–H groups in total. The third-order valence-corrected chi connectivity index (χ3v) is 5.70. The molecule has 8 heteroatoms. The van der Waals surface area contributed by atoms with Crippen molar-refractivity contribution in [2.24, 2.45) is 0 Å². The first-order valence-electron chi connectivity index (χ1n) is 5.82. The van der Waals surface area contributed by atoms with Crippen molar-refractivity contribution in [3.63, 3.8) is 0 Å². The summed E-state index contributed by atoms with van der Waals surface area (Å²) in [6.45, 7) is 0.211. The second kappa shape index (κ2) is 6.62. The van der Waals surface area contributed by atoms with Crippen LogP contribution in [0, 0.1) is 0 Å². The van der Waals surface area contributed by atoms with Crippen LogP contribution >= 0.6 is 39.1 Å². The molecule has 0 aliphatic rings. The van der Waals surface area contributed by atoms with Gasteiger partial charge < -0.3 is 0 Å². The van der Waals surface area contributed by atoms with Crippen molar-refractivity contribution in [2.45, 2.75) is 11.4 Å². The first-order valence-corrected chi connectivity index (χ1v) is 8.81. The number of sulfonamides is 1. The van der Waals surface area contributed by atoms with E-state index in [4.69, 9.17) is 23.2 Å². The summed E-state index contributed by atoms with van der Waals surface area (Å²) < 4.78 is 26.8. The number of benzene rings is 1. The molecule has 0 atom stereocenters. The Kier molecular flexibility index (Phi) is 5.27. The highest BCUT2D eigenvalue weighted by molar-refractivity contribution is 9.10. The standard InChI is InChI=1S/C13H11BrCl2N2O2S/c1-18(8-9-2-4-11(15)5-3-9)21(19,20)12-6-10(14)7-17-13(12)16/h2-7H,8H2,1H3. The number of rotatable bonds is 4. The summed E-state index contributed by atoms with van der Waals surface area (Å²) in [6.07, 6.45) is 1.44. The Bertz CT molecular complexity index is 751. The van der Waals surface area contributed by atoms with Crippen LogP contribution in [0.4, 0.5) is 0 Å². The molecular formula is C13H11BrCl2N2O2S. The van der Waals surface area contributed by atoms with Gasteiger partial charge in [-0.2, -0.15) is 4.31 Å². The van der Waals surface area contributed by atoms with Crippen LogP contribution < -0.4 is 0 Å². The molecule has 0 spiro atoms. The highest BCUT2D eigenvalue weighted by Crippen LogP contribution is 2.26. The van der Waals surface area contributed by atoms with Gasteiger partial charge in [0.05, 0.1) is 0 Å². The van der Waals surface area contributed by atoms with Gasteiger partial charge >= 0.3 is 0 Å². The summed E-state index contributed by atoms with van der Waals surface area (Å²) in [5.41, 5.74) is 0.824. The van der Waals surface area contributed by atoms with Gasteiger partial charge in [0, 0.05) is 29.3 Å². The van der Waals surface area contributed by atoms with E-state index >= 15 is 0 Å². The predicted molar refractivity (Wildman–Crippen MR) is 87.1 cm³/mol. The van der Waals surface area contributed by atoms with Crippen LogP contribution in [-0.4, -0.2) is 24.8 Å². The van der Waals surface area contributed by atoms with Gasteiger partial charge in [-0.3, -0.25) is 0 Å². The Morgan fingerprint density at radius 2 is 1.86 bits per heavy atom. The molecule has 0 radical (unpaired) electrons. The number of nitrogens with zero attached hydrogens (tertiary/aromatic N) is 2. The van der Waals surface area contributed by atoms with Gasteiger partial charge in [-0.15, -0.1) is 0 Å². The van der Waals surface area contributed by atoms with Gasteiger partial charge in [-0.05, 0) is 39.7 Å². The average molecular weight is 410 g/mol. The molecule has 0 saturated heterocycles. The Hall–Kier alpha value is -0.660. The van der Waals surface area contributed by atoms with Crippen LogP contribution in [0.15, 0.2) is 45.9 Å². The van der Waals surface area contributed by atoms with Crippen molar-refractivity contribution in [1.29, 1.82) is 0 Å². The number of aromatic nitrogens is 1. The van der Waals surface area contributed by atoms with Crippen LogP contribution in [0.1, 0.15) is 5.56 Å². The fourth-order valence-electron chi connectivity index (χ4n) is 1.68. The van der Waals surface area contributed by atoms with E-state index in [1.165, 1.54) is 23.6 Å². The zero-order chi connectivity index (χ0) is 15.6. The lowest BCUT2D eigenvalue weighted by molar-refractivity contribution is 0.466. The maximum absolute atomic E-state index is 12.5. The molecule has 1 aromatic carbocycles. The molecule has 2 aromatic rings. The van der Waals surface area contributed by atoms with E-state index in [1.54, 1.807) is 24.3 Å². The van der Waals surface area contributed by atoms with Crippen LogP contribution in [-0.2, 0) is 16.6 Å². The van der Waals surface area contributed by atoms with Gasteiger partial charge in [0.15, 0.2) is 0 Å². The van der Waals surface area contributed by atoms with E-state index in [0.717, 1.165) is 5.56 Å². The van der Waals surface area contributed by atoms with E-state index < -0.39 is 10.0 Å². The SMILES string of the molecule is CN(Cc1ccc(Cl)cc1)S(=O)(=O)c1cc(Br)cnc1Cl. The lowest BCUT2D eigenvalue weighted by Gasteiger charge is -2.18. The maximum Gasteiger partial charge on any atom is 0.246 e. The van der Waals surface area contributed by atoms with E-state index in [-0.39, 0.29) is 16.6 Å². The second-order valence-electron chi connectivity index (χ2n) is 4.33. The summed E-state index contributed by atoms with van der Waals surface area (Å²) in [6, 6.07) is 8.41. The smallest absolute Gasteiger partial charge is 0.242 e.